The van der Waals surface area contributed by atoms with E-state index >= 15 is 0 Å². The number of hydrogen-bond acceptors (Lipinski definition) is 4. The van der Waals surface area contributed by atoms with Crippen LogP contribution < -0.4 is 0 Å². The third-order valence-electron chi connectivity index (χ3n) is 7.11. The molecule has 4 heteroatoms. The number of carbonyl (C=O) groups is 2. The van der Waals surface area contributed by atoms with Gasteiger partial charge in [0.1, 0.15) is 6.29 Å². The summed E-state index contributed by atoms with van der Waals surface area (Å²) in [7, 11) is 0. The van der Waals surface area contributed by atoms with Crippen LogP contribution in [0, 0.1) is 39.9 Å². The summed E-state index contributed by atoms with van der Waals surface area (Å²) in [6.07, 6.45) is 5.96. The minimum atomic E-state index is -0.416. The Morgan fingerprint density at radius 3 is 2.70 bits per heavy atom. The molecule has 0 aliphatic heterocycles. The average molecular weight is 315 g/mol. The van der Waals surface area contributed by atoms with Crippen molar-refractivity contribution in [3.8, 4) is 6.07 Å². The maximum Gasteiger partial charge on any atom is 0.197 e. The van der Waals surface area contributed by atoms with E-state index in [-0.39, 0.29) is 22.9 Å². The zero-order valence-corrected chi connectivity index (χ0v) is 14.0. The molecule has 0 saturated heterocycles. The maximum atomic E-state index is 11.9. The lowest BCUT2D eigenvalue weighted by Gasteiger charge is -2.57. The fourth-order valence-electron chi connectivity index (χ4n) is 5.66. The second-order valence-electron chi connectivity index (χ2n) is 8.11. The number of nitrogens with zero attached hydrogens (tertiary/aromatic N) is 1. The van der Waals surface area contributed by atoms with Crippen LogP contribution in [0.5, 0.6) is 0 Å². The van der Waals surface area contributed by atoms with E-state index in [9.17, 15) is 20.0 Å². The van der Waals surface area contributed by atoms with E-state index < -0.39 is 5.41 Å². The van der Waals surface area contributed by atoms with Gasteiger partial charge in [-0.15, -0.1) is 0 Å². The van der Waals surface area contributed by atoms with Gasteiger partial charge in [0, 0.05) is 18.3 Å². The highest BCUT2D eigenvalue weighted by Crippen LogP contribution is 2.62. The third kappa shape index (κ3) is 2.24. The molecule has 0 aromatic heterocycles. The summed E-state index contributed by atoms with van der Waals surface area (Å²) in [4.78, 5) is 23.6. The monoisotopic (exact) mass is 315 g/mol. The zero-order valence-electron chi connectivity index (χ0n) is 14.0. The van der Waals surface area contributed by atoms with E-state index in [1.165, 1.54) is 0 Å². The van der Waals surface area contributed by atoms with Crippen molar-refractivity contribution in [3.63, 3.8) is 0 Å². The number of aliphatic hydroxyl groups is 1. The summed E-state index contributed by atoms with van der Waals surface area (Å²) >= 11 is 0. The van der Waals surface area contributed by atoms with Crippen molar-refractivity contribution in [1.82, 2.24) is 0 Å². The van der Waals surface area contributed by atoms with Gasteiger partial charge in [-0.3, -0.25) is 4.79 Å². The highest BCUT2D eigenvalue weighted by molar-refractivity contribution is 5.95. The minimum absolute atomic E-state index is 0.00208. The molecule has 0 spiro atoms. The van der Waals surface area contributed by atoms with Crippen LogP contribution in [0.25, 0.3) is 0 Å². The molecule has 3 aliphatic carbocycles. The van der Waals surface area contributed by atoms with Crippen LogP contribution in [0.1, 0.15) is 58.8 Å². The Hall–Kier alpha value is -1.63. The Morgan fingerprint density at radius 2 is 2.04 bits per heavy atom. The molecule has 0 bridgehead atoms. The molecule has 4 nitrogen and oxygen atoms in total. The first-order chi connectivity index (χ1) is 10.9. The maximum absolute atomic E-state index is 11.9. The summed E-state index contributed by atoms with van der Waals surface area (Å²) in [5.41, 5.74) is 0.361. The summed E-state index contributed by atoms with van der Waals surface area (Å²) in [5, 5.41) is 19.5. The first-order valence-electron chi connectivity index (χ1n) is 8.66. The van der Waals surface area contributed by atoms with Crippen molar-refractivity contribution in [2.45, 2.75) is 58.8 Å². The molecule has 0 amide bonds. The topological polar surface area (TPSA) is 78.2 Å². The number of ketones is 1. The second-order valence-corrected chi connectivity index (χ2v) is 8.11. The number of aliphatic hydroxyl groups excluding tert-OH is 1. The zero-order chi connectivity index (χ0) is 16.8. The van der Waals surface area contributed by atoms with E-state index in [0.29, 0.717) is 31.1 Å². The molecule has 0 heterocycles. The van der Waals surface area contributed by atoms with E-state index in [2.05, 4.69) is 13.0 Å². The van der Waals surface area contributed by atoms with Gasteiger partial charge in [-0.1, -0.05) is 13.8 Å². The van der Waals surface area contributed by atoms with Crippen LogP contribution in [0.2, 0.25) is 0 Å². The summed E-state index contributed by atoms with van der Waals surface area (Å²) in [6, 6.07) is 2.29. The van der Waals surface area contributed by atoms with Crippen molar-refractivity contribution >= 4 is 12.1 Å². The number of hydrogen-bond donors (Lipinski definition) is 1. The highest BCUT2D eigenvalue weighted by Gasteiger charge is 2.56. The van der Waals surface area contributed by atoms with E-state index in [1.54, 1.807) is 0 Å². The summed E-state index contributed by atoms with van der Waals surface area (Å²) in [5.74, 6) is 0.638. The van der Waals surface area contributed by atoms with Crippen LogP contribution in [-0.4, -0.2) is 17.2 Å². The number of fused-ring (bicyclic) bond motifs is 3. The van der Waals surface area contributed by atoms with Crippen LogP contribution in [0.3, 0.4) is 0 Å². The third-order valence-corrected chi connectivity index (χ3v) is 7.11. The largest absolute Gasteiger partial charge is 0.504 e. The lowest BCUT2D eigenvalue weighted by molar-refractivity contribution is -0.128. The van der Waals surface area contributed by atoms with Crippen molar-refractivity contribution in [3.05, 3.63) is 11.3 Å². The van der Waals surface area contributed by atoms with Gasteiger partial charge in [-0.25, -0.2) is 0 Å². The van der Waals surface area contributed by atoms with Crippen LogP contribution in [0.15, 0.2) is 11.3 Å². The number of aldehydes is 1. The number of Topliss-reactive ketones (excluding diaryl/α,β-unsaturated/α-hetero) is 1. The Morgan fingerprint density at radius 1 is 1.30 bits per heavy atom. The average Bonchev–Trinajstić information content (AvgIpc) is 2.54. The molecular weight excluding hydrogens is 290 g/mol. The number of nitriles is 1. The molecule has 0 radical (unpaired) electrons. The van der Waals surface area contributed by atoms with Crippen LogP contribution in [-0.2, 0) is 9.59 Å². The molecule has 5 atom stereocenters. The molecule has 0 aromatic carbocycles. The molecular formula is C19H25NO3. The molecule has 124 valence electrons. The van der Waals surface area contributed by atoms with Gasteiger partial charge in [-0.2, -0.15) is 5.26 Å². The molecule has 3 rings (SSSR count). The van der Waals surface area contributed by atoms with Crippen molar-refractivity contribution in [2.24, 2.45) is 28.6 Å². The standard InChI is InChI=1S/C19H25NO3/c1-18(11-21)8-5-14-12(13(18)7-10-20)3-4-15-17(23)16(22)6-9-19(14,15)2/h11-14,23H,3-9H2,1-2H3/t12-,13-,14-,18+,19+/m0/s1. The fourth-order valence-corrected chi connectivity index (χ4v) is 5.66. The molecule has 0 aromatic rings. The molecule has 23 heavy (non-hydrogen) atoms. The predicted molar refractivity (Wildman–Crippen MR) is 85.3 cm³/mol. The first kappa shape index (κ1) is 16.2. The smallest absolute Gasteiger partial charge is 0.197 e. The Bertz CT molecular complexity index is 617. The van der Waals surface area contributed by atoms with Crippen molar-refractivity contribution < 1.29 is 14.7 Å². The summed E-state index contributed by atoms with van der Waals surface area (Å²) in [6.45, 7) is 4.17. The number of allylic oxidation sites excluding steroid dienone is 2. The number of carbonyl (C=O) groups excluding carboxylic acids is 2. The van der Waals surface area contributed by atoms with Gasteiger partial charge >= 0.3 is 0 Å². The van der Waals surface area contributed by atoms with E-state index in [4.69, 9.17) is 0 Å². The van der Waals surface area contributed by atoms with E-state index in [0.717, 1.165) is 37.5 Å². The lowest BCUT2D eigenvalue weighted by atomic mass is 9.46. The Labute approximate surface area is 137 Å². The fraction of sp³-hybridized carbons (Fsp3) is 0.737. The normalized spacial score (nSPS) is 43.3. The van der Waals surface area contributed by atoms with Crippen molar-refractivity contribution in [1.29, 1.82) is 5.26 Å². The minimum Gasteiger partial charge on any atom is -0.504 e. The van der Waals surface area contributed by atoms with Gasteiger partial charge in [0.25, 0.3) is 0 Å². The number of rotatable bonds is 2. The van der Waals surface area contributed by atoms with Gasteiger partial charge in [0.05, 0.1) is 6.07 Å². The SMILES string of the molecule is C[C@]1(C=O)CC[C@H]2[C@@H](CCC3=C(O)C(=O)CC[C@@]32C)[C@@H]1CC#N. The van der Waals surface area contributed by atoms with Crippen LogP contribution >= 0.6 is 0 Å². The Kier molecular flexibility index (Phi) is 3.86. The molecule has 0 unspecified atom stereocenters. The van der Waals surface area contributed by atoms with Gasteiger partial charge < -0.3 is 9.90 Å². The molecule has 2 fully saturated rings. The van der Waals surface area contributed by atoms with E-state index in [1.807, 2.05) is 6.92 Å². The lowest BCUT2D eigenvalue weighted by Crippen LogP contribution is -2.51. The summed E-state index contributed by atoms with van der Waals surface area (Å²) < 4.78 is 0. The van der Waals surface area contributed by atoms with Gasteiger partial charge in [-0.05, 0) is 60.8 Å². The predicted octanol–water partition coefficient (Wildman–Crippen LogP) is 3.72. The Balaban J connectivity index is 2.01. The molecule has 2 saturated carbocycles. The molecule has 3 aliphatic rings. The highest BCUT2D eigenvalue weighted by atomic mass is 16.3. The second kappa shape index (κ2) is 5.47. The first-order valence-corrected chi connectivity index (χ1v) is 8.66. The molecule has 1 N–H and O–H groups in total. The van der Waals surface area contributed by atoms with Crippen LogP contribution in [0.4, 0.5) is 0 Å². The van der Waals surface area contributed by atoms with Gasteiger partial charge in [0.2, 0.25) is 0 Å². The van der Waals surface area contributed by atoms with Gasteiger partial charge in [0.15, 0.2) is 11.5 Å². The quantitative estimate of drug-likeness (QED) is 0.788. The van der Waals surface area contributed by atoms with Crippen molar-refractivity contribution in [2.75, 3.05) is 0 Å².